The second-order valence-electron chi connectivity index (χ2n) is 8.69. The number of halogens is 2. The fourth-order valence-electron chi connectivity index (χ4n) is 3.82. The standard InChI is InChI=1S/C32H22Cl2N2O5/c33-23-10-16-26(17-11-23)40-32(41-27-18-12-24(34)13-19-27)30(37)36-35-20-21-8-14-25(15-9-21)39-31(38)29-7-3-5-22-4-1-2-6-28(22)29/h1-20,32H,(H,36,37). The number of carbonyl (C=O) groups excluding carboxylic acids is 2. The van der Waals surface area contributed by atoms with E-state index >= 15 is 0 Å². The Morgan fingerprint density at radius 1 is 0.683 bits per heavy atom. The van der Waals surface area contributed by atoms with Gasteiger partial charge in [-0.3, -0.25) is 4.79 Å². The molecule has 9 heteroatoms. The van der Waals surface area contributed by atoms with Gasteiger partial charge >= 0.3 is 18.2 Å². The molecule has 0 aliphatic heterocycles. The van der Waals surface area contributed by atoms with E-state index < -0.39 is 18.2 Å². The van der Waals surface area contributed by atoms with Crippen molar-refractivity contribution in [2.45, 2.75) is 6.29 Å². The van der Waals surface area contributed by atoms with Crippen molar-refractivity contribution >= 4 is 52.1 Å². The minimum absolute atomic E-state index is 0.372. The van der Waals surface area contributed by atoms with Crippen LogP contribution in [0.25, 0.3) is 10.8 Å². The molecule has 5 rings (SSSR count). The van der Waals surface area contributed by atoms with Gasteiger partial charge in [-0.1, -0.05) is 59.6 Å². The molecule has 5 aromatic carbocycles. The molecular weight excluding hydrogens is 563 g/mol. The highest BCUT2D eigenvalue weighted by molar-refractivity contribution is 6.30. The van der Waals surface area contributed by atoms with Gasteiger partial charge in [0, 0.05) is 10.0 Å². The Morgan fingerprint density at radius 3 is 1.88 bits per heavy atom. The Labute approximate surface area is 245 Å². The molecule has 0 aliphatic carbocycles. The van der Waals surface area contributed by atoms with Crippen LogP contribution in [0.1, 0.15) is 15.9 Å². The Balaban J connectivity index is 1.22. The van der Waals surface area contributed by atoms with Gasteiger partial charge in [0.15, 0.2) is 0 Å². The maximum atomic E-state index is 12.9. The van der Waals surface area contributed by atoms with Crippen molar-refractivity contribution in [3.8, 4) is 17.2 Å². The number of hydrazone groups is 1. The summed E-state index contributed by atoms with van der Waals surface area (Å²) >= 11 is 11.9. The van der Waals surface area contributed by atoms with Gasteiger partial charge in [0.2, 0.25) is 0 Å². The van der Waals surface area contributed by atoms with Crippen molar-refractivity contribution in [1.29, 1.82) is 0 Å². The lowest BCUT2D eigenvalue weighted by atomic mass is 10.0. The summed E-state index contributed by atoms with van der Waals surface area (Å²) in [7, 11) is 0. The third-order valence-corrected chi connectivity index (χ3v) is 6.32. The molecule has 0 bridgehead atoms. The third kappa shape index (κ3) is 7.42. The SMILES string of the molecule is O=C(Oc1ccc(C=NNC(=O)C(Oc2ccc(Cl)cc2)Oc2ccc(Cl)cc2)cc1)c1cccc2ccccc12. The number of fused-ring (bicyclic) bond motifs is 1. The zero-order chi connectivity index (χ0) is 28.6. The molecular formula is C32H22Cl2N2O5. The average molecular weight is 585 g/mol. The second-order valence-corrected chi connectivity index (χ2v) is 9.57. The van der Waals surface area contributed by atoms with Crippen molar-refractivity contribution < 1.29 is 23.8 Å². The van der Waals surface area contributed by atoms with E-state index in [1.54, 1.807) is 78.9 Å². The van der Waals surface area contributed by atoms with Gasteiger partial charge in [-0.15, -0.1) is 0 Å². The lowest BCUT2D eigenvalue weighted by molar-refractivity contribution is -0.140. The van der Waals surface area contributed by atoms with Crippen molar-refractivity contribution in [1.82, 2.24) is 5.43 Å². The van der Waals surface area contributed by atoms with Gasteiger partial charge in [-0.05, 0) is 95.2 Å². The van der Waals surface area contributed by atoms with E-state index in [0.29, 0.717) is 38.4 Å². The molecule has 41 heavy (non-hydrogen) atoms. The molecule has 7 nitrogen and oxygen atoms in total. The fraction of sp³-hybridized carbons (Fsp3) is 0.0312. The molecule has 5 aromatic rings. The van der Waals surface area contributed by atoms with E-state index in [-0.39, 0.29) is 0 Å². The van der Waals surface area contributed by atoms with Gasteiger partial charge in [0.05, 0.1) is 11.8 Å². The highest BCUT2D eigenvalue weighted by atomic mass is 35.5. The van der Waals surface area contributed by atoms with E-state index in [1.807, 2.05) is 36.4 Å². The number of benzene rings is 5. The van der Waals surface area contributed by atoms with Gasteiger partial charge < -0.3 is 14.2 Å². The molecule has 1 amide bonds. The maximum absolute atomic E-state index is 12.9. The van der Waals surface area contributed by atoms with Crippen molar-refractivity contribution in [2.24, 2.45) is 5.10 Å². The van der Waals surface area contributed by atoms with E-state index in [0.717, 1.165) is 10.8 Å². The van der Waals surface area contributed by atoms with E-state index in [1.165, 1.54) is 6.21 Å². The van der Waals surface area contributed by atoms with Crippen molar-refractivity contribution in [3.63, 3.8) is 0 Å². The first kappa shape index (κ1) is 27.7. The molecule has 0 spiro atoms. The molecule has 0 heterocycles. The summed E-state index contributed by atoms with van der Waals surface area (Å²) in [5.74, 6) is 0.0221. The normalized spacial score (nSPS) is 11.0. The van der Waals surface area contributed by atoms with Gasteiger partial charge in [0.1, 0.15) is 17.2 Å². The van der Waals surface area contributed by atoms with Gasteiger partial charge in [-0.25, -0.2) is 10.2 Å². The Morgan fingerprint density at radius 2 is 1.24 bits per heavy atom. The topological polar surface area (TPSA) is 86.2 Å². The third-order valence-electron chi connectivity index (χ3n) is 5.82. The van der Waals surface area contributed by atoms with E-state index in [2.05, 4.69) is 10.5 Å². The highest BCUT2D eigenvalue weighted by Crippen LogP contribution is 2.22. The molecule has 0 atom stereocenters. The molecule has 0 aliphatic rings. The maximum Gasteiger partial charge on any atom is 0.344 e. The number of rotatable bonds is 9. The van der Waals surface area contributed by atoms with Crippen LogP contribution >= 0.6 is 23.2 Å². The Hall–Kier alpha value is -4.85. The predicted molar refractivity (Wildman–Crippen MR) is 159 cm³/mol. The second kappa shape index (κ2) is 13.0. The largest absolute Gasteiger partial charge is 0.446 e. The Bertz CT molecular complexity index is 1640. The van der Waals surface area contributed by atoms with E-state index in [4.69, 9.17) is 37.4 Å². The molecule has 1 N–H and O–H groups in total. The summed E-state index contributed by atoms with van der Waals surface area (Å²) in [6.45, 7) is 0. The first-order chi connectivity index (χ1) is 19.9. The monoisotopic (exact) mass is 584 g/mol. The number of hydrogen-bond donors (Lipinski definition) is 1. The molecule has 0 aromatic heterocycles. The molecule has 204 valence electrons. The summed E-state index contributed by atoms with van der Waals surface area (Å²) in [6, 6.07) is 32.8. The number of esters is 1. The number of nitrogens with zero attached hydrogens (tertiary/aromatic N) is 1. The van der Waals surface area contributed by atoms with E-state index in [9.17, 15) is 9.59 Å². The predicted octanol–water partition coefficient (Wildman–Crippen LogP) is 7.30. The summed E-state index contributed by atoms with van der Waals surface area (Å²) < 4.78 is 17.0. The minimum Gasteiger partial charge on any atom is -0.446 e. The van der Waals surface area contributed by atoms with Crippen LogP contribution in [0, 0.1) is 0 Å². The van der Waals surface area contributed by atoms with Crippen LogP contribution in [0.3, 0.4) is 0 Å². The van der Waals surface area contributed by atoms with Crippen LogP contribution in [0.4, 0.5) is 0 Å². The number of hydrogen-bond acceptors (Lipinski definition) is 6. The summed E-state index contributed by atoms with van der Waals surface area (Å²) in [5.41, 5.74) is 3.56. The zero-order valence-corrected chi connectivity index (χ0v) is 22.9. The Kier molecular flexibility index (Phi) is 8.79. The molecule has 0 saturated heterocycles. The van der Waals surface area contributed by atoms with Crippen LogP contribution in [0.5, 0.6) is 17.2 Å². The number of amides is 1. The quantitative estimate of drug-likeness (QED) is 0.0645. The van der Waals surface area contributed by atoms with Gasteiger partial charge in [0.25, 0.3) is 0 Å². The van der Waals surface area contributed by atoms with Crippen LogP contribution < -0.4 is 19.6 Å². The van der Waals surface area contributed by atoms with Crippen LogP contribution in [0.2, 0.25) is 10.0 Å². The van der Waals surface area contributed by atoms with Crippen molar-refractivity contribution in [3.05, 3.63) is 136 Å². The first-order valence-corrected chi connectivity index (χ1v) is 13.2. The molecule has 0 radical (unpaired) electrons. The van der Waals surface area contributed by atoms with Gasteiger partial charge in [-0.2, -0.15) is 5.10 Å². The summed E-state index contributed by atoms with van der Waals surface area (Å²) in [6.07, 6.45) is 0.0842. The molecule has 0 unspecified atom stereocenters. The zero-order valence-electron chi connectivity index (χ0n) is 21.4. The van der Waals surface area contributed by atoms with Crippen LogP contribution in [-0.4, -0.2) is 24.4 Å². The van der Waals surface area contributed by atoms with Crippen LogP contribution in [-0.2, 0) is 4.79 Å². The average Bonchev–Trinajstić information content (AvgIpc) is 2.99. The first-order valence-electron chi connectivity index (χ1n) is 12.4. The van der Waals surface area contributed by atoms with Crippen LogP contribution in [0.15, 0.2) is 120 Å². The molecule has 0 saturated carbocycles. The smallest absolute Gasteiger partial charge is 0.344 e. The summed E-state index contributed by atoms with van der Waals surface area (Å²) in [4.78, 5) is 25.7. The molecule has 0 fully saturated rings. The minimum atomic E-state index is -1.36. The fourth-order valence-corrected chi connectivity index (χ4v) is 4.07. The number of carbonyl (C=O) groups is 2. The van der Waals surface area contributed by atoms with Crippen molar-refractivity contribution in [2.75, 3.05) is 0 Å². The number of ether oxygens (including phenoxy) is 3. The lowest BCUT2D eigenvalue weighted by Crippen LogP contribution is -2.40. The highest BCUT2D eigenvalue weighted by Gasteiger charge is 2.23. The summed E-state index contributed by atoms with van der Waals surface area (Å²) in [5, 5.41) is 6.83. The lowest BCUT2D eigenvalue weighted by Gasteiger charge is -2.19. The number of nitrogens with one attached hydrogen (secondary N) is 1.